The number of pyridine rings is 1. The molecule has 0 fully saturated rings. The fourth-order valence-corrected chi connectivity index (χ4v) is 2.23. The van der Waals surface area contributed by atoms with E-state index in [1.165, 1.54) is 11.1 Å². The Bertz CT molecular complexity index is 537. The van der Waals surface area contributed by atoms with E-state index in [9.17, 15) is 0 Å². The third-order valence-corrected chi connectivity index (χ3v) is 3.31. The molecule has 0 aliphatic carbocycles. The number of benzene rings is 1. The molecule has 0 spiro atoms. The van der Waals surface area contributed by atoms with Crippen LogP contribution < -0.4 is 10.1 Å². The maximum absolute atomic E-state index is 5.17. The van der Waals surface area contributed by atoms with Crippen LogP contribution in [0.25, 0.3) is 0 Å². The summed E-state index contributed by atoms with van der Waals surface area (Å²) in [5.41, 5.74) is 3.56. The van der Waals surface area contributed by atoms with Crippen molar-refractivity contribution in [2.24, 2.45) is 0 Å². The molecular formula is C17H23N3O. The first-order chi connectivity index (χ1) is 10.2. The van der Waals surface area contributed by atoms with Crippen molar-refractivity contribution >= 4 is 0 Å². The fraction of sp³-hybridized carbons (Fsp3) is 0.353. The zero-order chi connectivity index (χ0) is 15.1. The highest BCUT2D eigenvalue weighted by atomic mass is 16.5. The molecule has 1 aromatic carbocycles. The van der Waals surface area contributed by atoms with Crippen molar-refractivity contribution in [3.63, 3.8) is 0 Å². The molecule has 0 atom stereocenters. The number of aromatic nitrogens is 1. The molecule has 1 N–H and O–H groups in total. The second-order valence-electron chi connectivity index (χ2n) is 5.21. The van der Waals surface area contributed by atoms with Crippen molar-refractivity contribution in [2.75, 3.05) is 21.2 Å². The van der Waals surface area contributed by atoms with Crippen LogP contribution in [0.3, 0.4) is 0 Å². The van der Waals surface area contributed by atoms with Gasteiger partial charge in [0.2, 0.25) is 0 Å². The lowest BCUT2D eigenvalue weighted by atomic mass is 10.2. The normalized spacial score (nSPS) is 10.9. The molecule has 0 amide bonds. The minimum atomic E-state index is 0.839. The predicted molar refractivity (Wildman–Crippen MR) is 85.2 cm³/mol. The molecule has 2 aromatic rings. The third kappa shape index (κ3) is 4.85. The van der Waals surface area contributed by atoms with Gasteiger partial charge < -0.3 is 10.1 Å². The zero-order valence-corrected chi connectivity index (χ0v) is 13.0. The number of nitrogens with one attached hydrogen (secondary N) is 1. The number of methoxy groups -OCH3 is 1. The summed E-state index contributed by atoms with van der Waals surface area (Å²) in [6, 6.07) is 12.4. The highest BCUT2D eigenvalue weighted by Gasteiger charge is 2.03. The van der Waals surface area contributed by atoms with Gasteiger partial charge in [-0.3, -0.25) is 9.88 Å². The smallest absolute Gasteiger partial charge is 0.118 e. The van der Waals surface area contributed by atoms with Crippen LogP contribution in [0.15, 0.2) is 42.6 Å². The van der Waals surface area contributed by atoms with Crippen LogP contribution in [0, 0.1) is 0 Å². The SMILES string of the molecule is CNCc1ccc(CN(C)Cc2ccc(OC)cc2)nc1. The van der Waals surface area contributed by atoms with Crippen molar-refractivity contribution in [1.82, 2.24) is 15.2 Å². The monoisotopic (exact) mass is 285 g/mol. The van der Waals surface area contributed by atoms with E-state index in [-0.39, 0.29) is 0 Å². The van der Waals surface area contributed by atoms with Crippen LogP contribution in [-0.4, -0.2) is 31.1 Å². The van der Waals surface area contributed by atoms with Crippen molar-refractivity contribution in [1.29, 1.82) is 0 Å². The van der Waals surface area contributed by atoms with Crippen LogP contribution in [0.5, 0.6) is 5.75 Å². The summed E-state index contributed by atoms with van der Waals surface area (Å²) in [5, 5.41) is 3.13. The van der Waals surface area contributed by atoms with E-state index in [2.05, 4.69) is 46.5 Å². The third-order valence-electron chi connectivity index (χ3n) is 3.31. The summed E-state index contributed by atoms with van der Waals surface area (Å²) in [7, 11) is 5.73. The molecule has 1 aromatic heterocycles. The molecule has 112 valence electrons. The van der Waals surface area contributed by atoms with Crippen molar-refractivity contribution in [2.45, 2.75) is 19.6 Å². The lowest BCUT2D eigenvalue weighted by molar-refractivity contribution is 0.315. The molecule has 0 aliphatic heterocycles. The van der Waals surface area contributed by atoms with Gasteiger partial charge in [-0.2, -0.15) is 0 Å². The Kier molecular flexibility index (Phi) is 5.72. The molecule has 0 radical (unpaired) electrons. The Hall–Kier alpha value is -1.91. The minimum Gasteiger partial charge on any atom is -0.497 e. The van der Waals surface area contributed by atoms with Gasteiger partial charge in [0.1, 0.15) is 5.75 Å². The van der Waals surface area contributed by atoms with E-state index in [1.54, 1.807) is 7.11 Å². The Morgan fingerprint density at radius 2 is 1.76 bits per heavy atom. The Morgan fingerprint density at radius 3 is 2.33 bits per heavy atom. The van der Waals surface area contributed by atoms with Crippen LogP contribution in [0.1, 0.15) is 16.8 Å². The maximum Gasteiger partial charge on any atom is 0.118 e. The van der Waals surface area contributed by atoms with Gasteiger partial charge in [-0.1, -0.05) is 18.2 Å². The largest absolute Gasteiger partial charge is 0.497 e. The Balaban J connectivity index is 1.89. The number of nitrogens with zero attached hydrogens (tertiary/aromatic N) is 2. The highest BCUT2D eigenvalue weighted by Crippen LogP contribution is 2.13. The quantitative estimate of drug-likeness (QED) is 0.848. The van der Waals surface area contributed by atoms with Crippen LogP contribution in [0.2, 0.25) is 0 Å². The van der Waals surface area contributed by atoms with Gasteiger partial charge in [0.05, 0.1) is 12.8 Å². The van der Waals surface area contributed by atoms with Crippen molar-refractivity contribution < 1.29 is 4.74 Å². The molecule has 4 nitrogen and oxygen atoms in total. The summed E-state index contributed by atoms with van der Waals surface area (Å²) in [5.74, 6) is 0.892. The maximum atomic E-state index is 5.17. The van der Waals surface area contributed by atoms with Gasteiger partial charge in [0.25, 0.3) is 0 Å². The molecule has 0 aliphatic rings. The van der Waals surface area contributed by atoms with E-state index >= 15 is 0 Å². The predicted octanol–water partition coefficient (Wildman–Crippen LogP) is 2.44. The number of hydrogen-bond acceptors (Lipinski definition) is 4. The summed E-state index contributed by atoms with van der Waals surface area (Å²) in [4.78, 5) is 6.76. The second-order valence-corrected chi connectivity index (χ2v) is 5.21. The molecular weight excluding hydrogens is 262 g/mol. The summed E-state index contributed by atoms with van der Waals surface area (Å²) >= 11 is 0. The first-order valence-electron chi connectivity index (χ1n) is 7.11. The van der Waals surface area contributed by atoms with Gasteiger partial charge in [-0.25, -0.2) is 0 Å². The van der Waals surface area contributed by atoms with E-state index in [4.69, 9.17) is 4.74 Å². The number of hydrogen-bond donors (Lipinski definition) is 1. The van der Waals surface area contributed by atoms with Gasteiger partial charge >= 0.3 is 0 Å². The van der Waals surface area contributed by atoms with E-state index in [0.717, 1.165) is 31.1 Å². The molecule has 0 saturated heterocycles. The highest BCUT2D eigenvalue weighted by molar-refractivity contribution is 5.27. The average molecular weight is 285 g/mol. The summed E-state index contributed by atoms with van der Waals surface area (Å²) in [6.45, 7) is 2.59. The molecule has 0 bridgehead atoms. The average Bonchev–Trinajstić information content (AvgIpc) is 2.50. The lowest BCUT2D eigenvalue weighted by Crippen LogP contribution is -2.18. The summed E-state index contributed by atoms with van der Waals surface area (Å²) < 4.78 is 5.17. The molecule has 0 unspecified atom stereocenters. The first-order valence-corrected chi connectivity index (χ1v) is 7.11. The van der Waals surface area contributed by atoms with E-state index in [0.29, 0.717) is 0 Å². The van der Waals surface area contributed by atoms with Crippen LogP contribution in [-0.2, 0) is 19.6 Å². The van der Waals surface area contributed by atoms with Crippen LogP contribution in [0.4, 0.5) is 0 Å². The number of rotatable bonds is 7. The number of ether oxygens (including phenoxy) is 1. The molecule has 4 heteroatoms. The standard InChI is InChI=1S/C17H23N3O/c1-18-10-15-4-7-16(19-11-15)13-20(2)12-14-5-8-17(21-3)9-6-14/h4-9,11,18H,10,12-13H2,1-3H3. The van der Waals surface area contributed by atoms with E-state index < -0.39 is 0 Å². The lowest BCUT2D eigenvalue weighted by Gasteiger charge is -2.16. The Labute approximate surface area is 126 Å². The van der Waals surface area contributed by atoms with Crippen LogP contribution >= 0.6 is 0 Å². The fourth-order valence-electron chi connectivity index (χ4n) is 2.23. The van der Waals surface area contributed by atoms with Gasteiger partial charge in [-0.05, 0) is 43.4 Å². The molecule has 2 rings (SSSR count). The first kappa shape index (κ1) is 15.5. The van der Waals surface area contributed by atoms with E-state index in [1.807, 2.05) is 25.4 Å². The van der Waals surface area contributed by atoms with Crippen molar-refractivity contribution in [3.8, 4) is 5.75 Å². The summed E-state index contributed by atoms with van der Waals surface area (Å²) in [6.07, 6.45) is 1.94. The Morgan fingerprint density at radius 1 is 1.05 bits per heavy atom. The molecule has 21 heavy (non-hydrogen) atoms. The molecule has 0 saturated carbocycles. The van der Waals surface area contributed by atoms with Gasteiger partial charge in [-0.15, -0.1) is 0 Å². The van der Waals surface area contributed by atoms with Crippen molar-refractivity contribution in [3.05, 3.63) is 59.4 Å². The topological polar surface area (TPSA) is 37.4 Å². The zero-order valence-electron chi connectivity index (χ0n) is 13.0. The van der Waals surface area contributed by atoms with Gasteiger partial charge in [0, 0.05) is 25.8 Å². The second kappa shape index (κ2) is 7.76. The van der Waals surface area contributed by atoms with Gasteiger partial charge in [0.15, 0.2) is 0 Å². The minimum absolute atomic E-state index is 0.839. The molecule has 1 heterocycles.